The summed E-state index contributed by atoms with van der Waals surface area (Å²) in [7, 11) is 0. The maximum atomic E-state index is 13.7. The lowest BCUT2D eigenvalue weighted by atomic mass is 10.2. The van der Waals surface area contributed by atoms with Crippen molar-refractivity contribution in [2.24, 2.45) is 0 Å². The molecule has 3 rings (SSSR count). The van der Waals surface area contributed by atoms with Gasteiger partial charge in [0.1, 0.15) is 5.82 Å². The van der Waals surface area contributed by atoms with E-state index >= 15 is 0 Å². The molecule has 0 aliphatic rings. The van der Waals surface area contributed by atoms with Gasteiger partial charge in [-0.3, -0.25) is 4.79 Å². The zero-order valence-corrected chi connectivity index (χ0v) is 13.6. The van der Waals surface area contributed by atoms with Gasteiger partial charge in [-0.15, -0.1) is 10.2 Å². The number of nitrogens with zero attached hydrogens (tertiary/aromatic N) is 2. The minimum Gasteiger partial charge on any atom is -0.412 e. The van der Waals surface area contributed by atoms with Gasteiger partial charge >= 0.3 is 11.8 Å². The highest BCUT2D eigenvalue weighted by atomic mass is 79.9. The number of carbonyl (C=O) groups is 1. The van der Waals surface area contributed by atoms with Gasteiger partial charge in [-0.2, -0.15) is 0 Å². The van der Waals surface area contributed by atoms with E-state index < -0.39 is 11.7 Å². The molecule has 5 nitrogen and oxygen atoms in total. The monoisotopic (exact) mass is 375 g/mol. The van der Waals surface area contributed by atoms with Crippen LogP contribution in [0.1, 0.15) is 16.2 Å². The maximum absolute atomic E-state index is 13.7. The third-order valence-electron chi connectivity index (χ3n) is 3.16. The van der Waals surface area contributed by atoms with Gasteiger partial charge in [0, 0.05) is 10.2 Å². The van der Waals surface area contributed by atoms with Crippen LogP contribution in [0, 0.1) is 12.7 Å². The summed E-state index contributed by atoms with van der Waals surface area (Å²) in [5, 5.41) is 10.1. The van der Waals surface area contributed by atoms with Crippen molar-refractivity contribution in [1.82, 2.24) is 10.2 Å². The summed E-state index contributed by atoms with van der Waals surface area (Å²) in [6, 6.07) is 11.4. The molecule has 0 fully saturated rings. The van der Waals surface area contributed by atoms with Crippen LogP contribution in [-0.4, -0.2) is 16.1 Å². The van der Waals surface area contributed by atoms with Gasteiger partial charge in [-0.05, 0) is 42.8 Å². The van der Waals surface area contributed by atoms with Crippen molar-refractivity contribution in [2.75, 3.05) is 5.32 Å². The molecular formula is C16H11BrFN3O2. The highest BCUT2D eigenvalue weighted by Gasteiger charge is 2.18. The lowest BCUT2D eigenvalue weighted by Gasteiger charge is -2.06. The molecular weight excluding hydrogens is 365 g/mol. The lowest BCUT2D eigenvalue weighted by Crippen LogP contribution is -2.13. The maximum Gasteiger partial charge on any atom is 0.313 e. The van der Waals surface area contributed by atoms with Crippen LogP contribution in [-0.2, 0) is 0 Å². The normalized spacial score (nSPS) is 10.6. The van der Waals surface area contributed by atoms with Crippen LogP contribution in [0.4, 0.5) is 10.1 Å². The van der Waals surface area contributed by atoms with Crippen LogP contribution < -0.4 is 5.32 Å². The van der Waals surface area contributed by atoms with Crippen LogP contribution in [0.3, 0.4) is 0 Å². The second kappa shape index (κ2) is 6.29. The van der Waals surface area contributed by atoms with Crippen molar-refractivity contribution in [3.05, 3.63) is 64.2 Å². The first kappa shape index (κ1) is 15.4. The first-order chi connectivity index (χ1) is 11.0. The molecule has 0 spiro atoms. The number of hydrogen-bond donors (Lipinski definition) is 1. The topological polar surface area (TPSA) is 68.0 Å². The second-order valence-corrected chi connectivity index (χ2v) is 5.72. The SMILES string of the molecule is Cc1cc(Br)ccc1NC(=O)c1nnc(-c2ccccc2F)o1. The Labute approximate surface area is 139 Å². The Kier molecular flexibility index (Phi) is 4.20. The van der Waals surface area contributed by atoms with Gasteiger partial charge in [0.15, 0.2) is 0 Å². The van der Waals surface area contributed by atoms with Gasteiger partial charge in [0.2, 0.25) is 0 Å². The van der Waals surface area contributed by atoms with E-state index in [2.05, 4.69) is 31.4 Å². The fourth-order valence-electron chi connectivity index (χ4n) is 2.00. The van der Waals surface area contributed by atoms with Gasteiger partial charge in [-0.1, -0.05) is 28.1 Å². The van der Waals surface area contributed by atoms with Gasteiger partial charge in [0.25, 0.3) is 5.89 Å². The standard InChI is InChI=1S/C16H11BrFN3O2/c1-9-8-10(17)6-7-13(9)19-14(22)16-21-20-15(23-16)11-4-2-3-5-12(11)18/h2-8H,1H3,(H,19,22). The van der Waals surface area contributed by atoms with Crippen LogP contribution in [0.25, 0.3) is 11.5 Å². The number of rotatable bonds is 3. The Morgan fingerprint density at radius 3 is 2.74 bits per heavy atom. The molecule has 23 heavy (non-hydrogen) atoms. The third-order valence-corrected chi connectivity index (χ3v) is 3.65. The smallest absolute Gasteiger partial charge is 0.313 e. The van der Waals surface area contributed by atoms with Crippen molar-refractivity contribution in [3.8, 4) is 11.5 Å². The highest BCUT2D eigenvalue weighted by Crippen LogP contribution is 2.23. The molecule has 0 saturated heterocycles. The number of anilines is 1. The summed E-state index contributed by atoms with van der Waals surface area (Å²) in [5.74, 6) is -1.32. The summed E-state index contributed by atoms with van der Waals surface area (Å²) in [5.41, 5.74) is 1.66. The van der Waals surface area contributed by atoms with E-state index in [1.165, 1.54) is 12.1 Å². The third kappa shape index (κ3) is 3.29. The van der Waals surface area contributed by atoms with Crippen LogP contribution in [0.2, 0.25) is 0 Å². The number of carbonyl (C=O) groups excluding carboxylic acids is 1. The molecule has 0 unspecified atom stereocenters. The first-order valence-electron chi connectivity index (χ1n) is 6.70. The largest absolute Gasteiger partial charge is 0.412 e. The molecule has 0 bridgehead atoms. The van der Waals surface area contributed by atoms with Crippen LogP contribution in [0.5, 0.6) is 0 Å². The number of hydrogen-bond acceptors (Lipinski definition) is 4. The Morgan fingerprint density at radius 1 is 1.22 bits per heavy atom. The van der Waals surface area contributed by atoms with E-state index in [9.17, 15) is 9.18 Å². The summed E-state index contributed by atoms with van der Waals surface area (Å²) >= 11 is 3.35. The van der Waals surface area contributed by atoms with Crippen LogP contribution in [0.15, 0.2) is 51.4 Å². The molecule has 3 aromatic rings. The molecule has 1 heterocycles. The molecule has 1 N–H and O–H groups in total. The number of nitrogens with one attached hydrogen (secondary N) is 1. The number of halogens is 2. The molecule has 1 amide bonds. The number of aryl methyl sites for hydroxylation is 1. The van der Waals surface area contributed by atoms with Gasteiger partial charge in [-0.25, -0.2) is 4.39 Å². The molecule has 2 aromatic carbocycles. The molecule has 0 radical (unpaired) electrons. The molecule has 0 aliphatic heterocycles. The fourth-order valence-corrected chi connectivity index (χ4v) is 2.48. The minimum absolute atomic E-state index is 0.0409. The predicted octanol–water partition coefficient (Wildman–Crippen LogP) is 4.20. The van der Waals surface area contributed by atoms with Crippen molar-refractivity contribution in [3.63, 3.8) is 0 Å². The Morgan fingerprint density at radius 2 is 2.00 bits per heavy atom. The quantitative estimate of drug-likeness (QED) is 0.744. The van der Waals surface area contributed by atoms with Gasteiger partial charge in [0.05, 0.1) is 5.56 Å². The van der Waals surface area contributed by atoms with E-state index in [1.807, 2.05) is 13.0 Å². The predicted molar refractivity (Wildman–Crippen MR) is 86.5 cm³/mol. The van der Waals surface area contributed by atoms with Gasteiger partial charge < -0.3 is 9.73 Å². The Bertz CT molecular complexity index is 879. The minimum atomic E-state index is -0.550. The average molecular weight is 376 g/mol. The molecule has 0 aliphatic carbocycles. The molecule has 116 valence electrons. The summed E-state index contributed by atoms with van der Waals surface area (Å²) in [6.45, 7) is 1.86. The summed E-state index contributed by atoms with van der Waals surface area (Å²) in [6.07, 6.45) is 0. The number of amides is 1. The fraction of sp³-hybridized carbons (Fsp3) is 0.0625. The second-order valence-electron chi connectivity index (χ2n) is 4.81. The first-order valence-corrected chi connectivity index (χ1v) is 7.50. The molecule has 0 atom stereocenters. The van der Waals surface area contributed by atoms with Crippen molar-refractivity contribution >= 4 is 27.5 Å². The van der Waals surface area contributed by atoms with E-state index in [0.29, 0.717) is 5.69 Å². The van der Waals surface area contributed by atoms with E-state index in [1.54, 1.807) is 24.3 Å². The summed E-state index contributed by atoms with van der Waals surface area (Å²) in [4.78, 5) is 12.2. The molecule has 1 aromatic heterocycles. The van der Waals surface area contributed by atoms with E-state index in [4.69, 9.17) is 4.42 Å². The number of benzene rings is 2. The van der Waals surface area contributed by atoms with Crippen molar-refractivity contribution in [2.45, 2.75) is 6.92 Å². The molecule has 0 saturated carbocycles. The van der Waals surface area contributed by atoms with E-state index in [-0.39, 0.29) is 17.3 Å². The zero-order chi connectivity index (χ0) is 16.4. The van der Waals surface area contributed by atoms with E-state index in [0.717, 1.165) is 10.0 Å². The molecule has 7 heteroatoms. The Hall–Kier alpha value is -2.54. The Balaban J connectivity index is 1.83. The highest BCUT2D eigenvalue weighted by molar-refractivity contribution is 9.10. The lowest BCUT2D eigenvalue weighted by molar-refractivity contribution is 0.0990. The van der Waals surface area contributed by atoms with Crippen molar-refractivity contribution in [1.29, 1.82) is 0 Å². The van der Waals surface area contributed by atoms with Crippen molar-refractivity contribution < 1.29 is 13.6 Å². The van der Waals surface area contributed by atoms with Crippen LogP contribution >= 0.6 is 15.9 Å². The zero-order valence-electron chi connectivity index (χ0n) is 12.0. The summed E-state index contributed by atoms with van der Waals surface area (Å²) < 4.78 is 19.9. The average Bonchev–Trinajstić information content (AvgIpc) is 3.00. The number of aromatic nitrogens is 2.